The molecule has 0 amide bonds. The molecule has 0 aliphatic heterocycles. The maximum atomic E-state index is 11.0. The van der Waals surface area contributed by atoms with Gasteiger partial charge in [0.1, 0.15) is 11.5 Å². The highest BCUT2D eigenvalue weighted by Crippen LogP contribution is 2.23. The molecule has 0 radical (unpaired) electrons. The summed E-state index contributed by atoms with van der Waals surface area (Å²) in [4.78, 5) is 11.0. The zero-order valence-electron chi connectivity index (χ0n) is 10.8. The lowest BCUT2D eigenvalue weighted by Crippen LogP contribution is -1.97. The van der Waals surface area contributed by atoms with Crippen molar-refractivity contribution in [2.45, 2.75) is 0 Å². The molecule has 3 nitrogen and oxygen atoms in total. The molecule has 0 fully saturated rings. The predicted molar refractivity (Wildman–Crippen MR) is 77.7 cm³/mol. The van der Waals surface area contributed by atoms with Gasteiger partial charge in [0.2, 0.25) is 0 Å². The Bertz CT molecular complexity index is 717. The fourth-order valence-electron chi connectivity index (χ4n) is 2.05. The minimum atomic E-state index is 0.613. The topological polar surface area (TPSA) is 31.2 Å². The average molecular weight is 263 g/mol. The van der Waals surface area contributed by atoms with Crippen LogP contribution in [0.15, 0.2) is 72.9 Å². The van der Waals surface area contributed by atoms with E-state index in [1.54, 1.807) is 6.07 Å². The van der Waals surface area contributed by atoms with E-state index in [2.05, 4.69) is 0 Å². The van der Waals surface area contributed by atoms with Gasteiger partial charge < -0.3 is 9.30 Å². The van der Waals surface area contributed by atoms with Gasteiger partial charge in [0.25, 0.3) is 0 Å². The van der Waals surface area contributed by atoms with Crippen LogP contribution >= 0.6 is 0 Å². The van der Waals surface area contributed by atoms with E-state index in [0.29, 0.717) is 5.69 Å². The standard InChI is InChI=1S/C17H13NO2/c19-13-15-7-5-11-18(15)14-6-4-10-17(12-14)20-16-8-2-1-3-9-16/h1-13H. The van der Waals surface area contributed by atoms with Crippen molar-refractivity contribution in [3.63, 3.8) is 0 Å². The molecule has 3 heteroatoms. The monoisotopic (exact) mass is 263 g/mol. The molecule has 20 heavy (non-hydrogen) atoms. The third-order valence-electron chi connectivity index (χ3n) is 2.98. The number of carbonyl (C=O) groups excluding carboxylic acids is 1. The number of para-hydroxylation sites is 1. The van der Waals surface area contributed by atoms with Gasteiger partial charge in [-0.1, -0.05) is 24.3 Å². The molecule has 2 aromatic carbocycles. The van der Waals surface area contributed by atoms with E-state index in [0.717, 1.165) is 23.5 Å². The van der Waals surface area contributed by atoms with Gasteiger partial charge in [0.15, 0.2) is 6.29 Å². The van der Waals surface area contributed by atoms with Crippen molar-refractivity contribution in [1.29, 1.82) is 0 Å². The molecule has 0 spiro atoms. The van der Waals surface area contributed by atoms with Crippen molar-refractivity contribution in [2.75, 3.05) is 0 Å². The third-order valence-corrected chi connectivity index (χ3v) is 2.98. The maximum Gasteiger partial charge on any atom is 0.166 e. The summed E-state index contributed by atoms with van der Waals surface area (Å²) in [6.45, 7) is 0. The van der Waals surface area contributed by atoms with E-state index < -0.39 is 0 Å². The number of aromatic nitrogens is 1. The van der Waals surface area contributed by atoms with Crippen LogP contribution in [0.25, 0.3) is 5.69 Å². The summed E-state index contributed by atoms with van der Waals surface area (Å²) in [6.07, 6.45) is 2.69. The predicted octanol–water partition coefficient (Wildman–Crippen LogP) is 4.08. The second kappa shape index (κ2) is 5.45. The van der Waals surface area contributed by atoms with Crippen LogP contribution in [0.5, 0.6) is 11.5 Å². The number of aldehydes is 1. The number of ether oxygens (including phenoxy) is 1. The van der Waals surface area contributed by atoms with Crippen LogP contribution in [0, 0.1) is 0 Å². The molecule has 3 aromatic rings. The van der Waals surface area contributed by atoms with E-state index >= 15 is 0 Å². The molecule has 0 aliphatic carbocycles. The molecule has 0 N–H and O–H groups in total. The highest BCUT2D eigenvalue weighted by molar-refractivity contribution is 5.73. The Kier molecular flexibility index (Phi) is 3.33. The summed E-state index contributed by atoms with van der Waals surface area (Å²) in [5.41, 5.74) is 1.51. The zero-order chi connectivity index (χ0) is 13.8. The van der Waals surface area contributed by atoms with Gasteiger partial charge in [-0.25, -0.2) is 0 Å². The zero-order valence-corrected chi connectivity index (χ0v) is 10.8. The fraction of sp³-hybridized carbons (Fsp3) is 0. The molecule has 1 heterocycles. The first-order chi connectivity index (χ1) is 9.86. The summed E-state index contributed by atoms with van der Waals surface area (Å²) in [7, 11) is 0. The summed E-state index contributed by atoms with van der Waals surface area (Å²) < 4.78 is 7.61. The molecule has 98 valence electrons. The van der Waals surface area contributed by atoms with E-state index in [1.165, 1.54) is 0 Å². The quantitative estimate of drug-likeness (QED) is 0.664. The largest absolute Gasteiger partial charge is 0.457 e. The molecule has 1 aromatic heterocycles. The van der Waals surface area contributed by atoms with E-state index in [1.807, 2.05) is 71.4 Å². The van der Waals surface area contributed by atoms with Gasteiger partial charge in [-0.05, 0) is 36.4 Å². The number of carbonyl (C=O) groups is 1. The Labute approximate surface area is 117 Å². The number of hydrogen-bond acceptors (Lipinski definition) is 2. The molecule has 0 unspecified atom stereocenters. The third kappa shape index (κ3) is 2.47. The smallest absolute Gasteiger partial charge is 0.166 e. The Morgan fingerprint density at radius 1 is 0.850 bits per heavy atom. The lowest BCUT2D eigenvalue weighted by atomic mass is 10.3. The van der Waals surface area contributed by atoms with Gasteiger partial charge in [0, 0.05) is 18.0 Å². The molecular weight excluding hydrogens is 250 g/mol. The van der Waals surface area contributed by atoms with Crippen LogP contribution in [0.4, 0.5) is 0 Å². The van der Waals surface area contributed by atoms with Gasteiger partial charge in [-0.15, -0.1) is 0 Å². The van der Waals surface area contributed by atoms with Crippen molar-refractivity contribution >= 4 is 6.29 Å². The summed E-state index contributed by atoms with van der Waals surface area (Å²) >= 11 is 0. The average Bonchev–Trinajstić information content (AvgIpc) is 2.97. The normalized spacial score (nSPS) is 10.2. The van der Waals surface area contributed by atoms with Crippen molar-refractivity contribution in [1.82, 2.24) is 4.57 Å². The van der Waals surface area contributed by atoms with Crippen molar-refractivity contribution < 1.29 is 9.53 Å². The number of hydrogen-bond donors (Lipinski definition) is 0. The van der Waals surface area contributed by atoms with Crippen LogP contribution in [0.2, 0.25) is 0 Å². The van der Waals surface area contributed by atoms with E-state index in [9.17, 15) is 4.79 Å². The molecular formula is C17H13NO2. The number of benzene rings is 2. The van der Waals surface area contributed by atoms with Gasteiger partial charge in [-0.3, -0.25) is 4.79 Å². The van der Waals surface area contributed by atoms with Crippen molar-refractivity contribution in [3.05, 3.63) is 78.6 Å². The number of nitrogens with zero attached hydrogens (tertiary/aromatic N) is 1. The van der Waals surface area contributed by atoms with Crippen LogP contribution in [0.1, 0.15) is 10.5 Å². The Morgan fingerprint density at radius 3 is 2.45 bits per heavy atom. The van der Waals surface area contributed by atoms with E-state index in [-0.39, 0.29) is 0 Å². The lowest BCUT2D eigenvalue weighted by Gasteiger charge is -2.09. The maximum absolute atomic E-state index is 11.0. The van der Waals surface area contributed by atoms with Gasteiger partial charge in [0.05, 0.1) is 5.69 Å². The molecule has 3 rings (SSSR count). The van der Waals surface area contributed by atoms with Crippen LogP contribution in [-0.4, -0.2) is 10.9 Å². The van der Waals surface area contributed by atoms with E-state index in [4.69, 9.17) is 4.74 Å². The minimum absolute atomic E-state index is 0.613. The molecule has 0 atom stereocenters. The molecule has 0 saturated carbocycles. The second-order valence-electron chi connectivity index (χ2n) is 4.33. The Balaban J connectivity index is 1.92. The first-order valence-corrected chi connectivity index (χ1v) is 6.33. The summed E-state index contributed by atoms with van der Waals surface area (Å²) in [5, 5.41) is 0. The first kappa shape index (κ1) is 12.2. The summed E-state index contributed by atoms with van der Waals surface area (Å²) in [5.74, 6) is 1.52. The SMILES string of the molecule is O=Cc1cccn1-c1cccc(Oc2ccccc2)c1. The Hall–Kier alpha value is -2.81. The highest BCUT2D eigenvalue weighted by Gasteiger charge is 2.04. The molecule has 0 bridgehead atoms. The van der Waals surface area contributed by atoms with Crippen LogP contribution in [0.3, 0.4) is 0 Å². The van der Waals surface area contributed by atoms with Crippen molar-refractivity contribution in [2.24, 2.45) is 0 Å². The van der Waals surface area contributed by atoms with Crippen LogP contribution < -0.4 is 4.74 Å². The molecule has 0 saturated heterocycles. The Morgan fingerprint density at radius 2 is 1.65 bits per heavy atom. The summed E-state index contributed by atoms with van der Waals surface area (Å²) in [6, 6.07) is 20.9. The van der Waals surface area contributed by atoms with Crippen molar-refractivity contribution in [3.8, 4) is 17.2 Å². The lowest BCUT2D eigenvalue weighted by molar-refractivity contribution is 0.111. The van der Waals surface area contributed by atoms with Gasteiger partial charge in [-0.2, -0.15) is 0 Å². The second-order valence-corrected chi connectivity index (χ2v) is 4.33. The van der Waals surface area contributed by atoms with Gasteiger partial charge >= 0.3 is 0 Å². The van der Waals surface area contributed by atoms with Crippen LogP contribution in [-0.2, 0) is 0 Å². The number of rotatable bonds is 4. The first-order valence-electron chi connectivity index (χ1n) is 6.33. The fourth-order valence-corrected chi connectivity index (χ4v) is 2.05. The molecule has 0 aliphatic rings. The minimum Gasteiger partial charge on any atom is -0.457 e. The highest BCUT2D eigenvalue weighted by atomic mass is 16.5.